The topological polar surface area (TPSA) is 201 Å². The largest absolute Gasteiger partial charge is 0.480 e. The van der Waals surface area contributed by atoms with Crippen molar-refractivity contribution < 1.29 is 24.3 Å². The molecule has 158 valence electrons. The lowest BCUT2D eigenvalue weighted by atomic mass is 10.1. The zero-order valence-corrected chi connectivity index (χ0v) is 15.9. The standard InChI is InChI=1S/C16H29N7O5/c1-9(22-12(24)8-21-14(26)10-4-2-6-19-10)13(25)23-11(15(27)28)5-3-7-20-16(17)18/h9-11,19H,2-8H2,1H3,(H,21,26)(H,22,24)(H,23,25)(H,27,28)(H4,17,18,20). The fourth-order valence-electron chi connectivity index (χ4n) is 2.61. The Morgan fingerprint density at radius 3 is 2.54 bits per heavy atom. The number of aliphatic carboxylic acids is 1. The molecule has 9 N–H and O–H groups in total. The van der Waals surface area contributed by atoms with Crippen LogP contribution in [-0.2, 0) is 19.2 Å². The number of nitrogens with zero attached hydrogens (tertiary/aromatic N) is 1. The Morgan fingerprint density at radius 2 is 1.96 bits per heavy atom. The Kier molecular flexibility index (Phi) is 9.71. The highest BCUT2D eigenvalue weighted by Crippen LogP contribution is 2.04. The summed E-state index contributed by atoms with van der Waals surface area (Å²) in [5.74, 6) is -2.76. The summed E-state index contributed by atoms with van der Waals surface area (Å²) in [7, 11) is 0. The lowest BCUT2D eigenvalue weighted by molar-refractivity contribution is -0.142. The van der Waals surface area contributed by atoms with Crippen LogP contribution in [0, 0.1) is 0 Å². The van der Waals surface area contributed by atoms with Crippen LogP contribution in [0.4, 0.5) is 0 Å². The molecule has 12 heteroatoms. The normalized spacial score (nSPS) is 17.8. The van der Waals surface area contributed by atoms with Crippen LogP contribution in [0.5, 0.6) is 0 Å². The maximum absolute atomic E-state index is 12.1. The van der Waals surface area contributed by atoms with E-state index in [-0.39, 0.29) is 37.4 Å². The molecule has 0 bridgehead atoms. The van der Waals surface area contributed by atoms with Gasteiger partial charge in [0, 0.05) is 6.54 Å². The van der Waals surface area contributed by atoms with Gasteiger partial charge in [-0.1, -0.05) is 0 Å². The number of nitrogens with one attached hydrogen (secondary N) is 4. The van der Waals surface area contributed by atoms with Gasteiger partial charge in [-0.25, -0.2) is 4.79 Å². The molecule has 0 saturated carbocycles. The van der Waals surface area contributed by atoms with Gasteiger partial charge in [-0.2, -0.15) is 0 Å². The van der Waals surface area contributed by atoms with Crippen LogP contribution in [0.15, 0.2) is 4.99 Å². The third kappa shape index (κ3) is 8.66. The first-order valence-electron chi connectivity index (χ1n) is 9.09. The highest BCUT2D eigenvalue weighted by Gasteiger charge is 2.25. The Hall–Kier alpha value is -2.89. The highest BCUT2D eigenvalue weighted by atomic mass is 16.4. The monoisotopic (exact) mass is 399 g/mol. The van der Waals surface area contributed by atoms with Gasteiger partial charge in [-0.3, -0.25) is 19.4 Å². The van der Waals surface area contributed by atoms with Gasteiger partial charge < -0.3 is 37.8 Å². The molecule has 0 aromatic carbocycles. The average Bonchev–Trinajstić information content (AvgIpc) is 3.16. The molecular weight excluding hydrogens is 370 g/mol. The number of rotatable bonds is 11. The second kappa shape index (κ2) is 11.7. The second-order valence-corrected chi connectivity index (χ2v) is 6.50. The van der Waals surface area contributed by atoms with Crippen molar-refractivity contribution >= 4 is 29.7 Å². The third-order valence-electron chi connectivity index (χ3n) is 4.13. The molecule has 0 aromatic heterocycles. The number of hydrogen-bond donors (Lipinski definition) is 7. The first kappa shape index (κ1) is 23.1. The van der Waals surface area contributed by atoms with Crippen LogP contribution in [0.3, 0.4) is 0 Å². The van der Waals surface area contributed by atoms with Crippen LogP contribution < -0.4 is 32.7 Å². The lowest BCUT2D eigenvalue weighted by Gasteiger charge is -2.19. The Morgan fingerprint density at radius 1 is 1.25 bits per heavy atom. The number of nitrogens with two attached hydrogens (primary N) is 2. The summed E-state index contributed by atoms with van der Waals surface area (Å²) in [5, 5.41) is 19.5. The minimum absolute atomic E-state index is 0.0944. The molecule has 0 aliphatic carbocycles. The van der Waals surface area contributed by atoms with E-state index in [0.717, 1.165) is 13.0 Å². The summed E-state index contributed by atoms with van der Waals surface area (Å²) in [5.41, 5.74) is 10.4. The molecule has 12 nitrogen and oxygen atoms in total. The van der Waals surface area contributed by atoms with E-state index in [1.54, 1.807) is 0 Å². The number of carbonyl (C=O) groups excluding carboxylic acids is 3. The van der Waals surface area contributed by atoms with E-state index >= 15 is 0 Å². The number of amides is 3. The fourth-order valence-corrected chi connectivity index (χ4v) is 2.61. The van der Waals surface area contributed by atoms with Gasteiger partial charge in [0.25, 0.3) is 0 Å². The van der Waals surface area contributed by atoms with Crippen LogP contribution >= 0.6 is 0 Å². The molecule has 3 amide bonds. The number of guanidine groups is 1. The third-order valence-corrected chi connectivity index (χ3v) is 4.13. The summed E-state index contributed by atoms with van der Waals surface area (Å²) in [6.07, 6.45) is 2.10. The molecule has 0 radical (unpaired) electrons. The van der Waals surface area contributed by atoms with Gasteiger partial charge in [0.1, 0.15) is 12.1 Å². The van der Waals surface area contributed by atoms with Crippen molar-refractivity contribution in [3.05, 3.63) is 0 Å². The van der Waals surface area contributed by atoms with Crippen molar-refractivity contribution in [2.45, 2.75) is 50.7 Å². The van der Waals surface area contributed by atoms with E-state index in [9.17, 15) is 24.3 Å². The Labute approximate surface area is 162 Å². The van der Waals surface area contributed by atoms with Crippen LogP contribution in [0.1, 0.15) is 32.6 Å². The smallest absolute Gasteiger partial charge is 0.326 e. The number of carboxylic acids is 1. The second-order valence-electron chi connectivity index (χ2n) is 6.50. The maximum atomic E-state index is 12.1. The number of carboxylic acid groups (broad SMARTS) is 1. The molecule has 0 aromatic rings. The number of aliphatic imine (C=N–C) groups is 1. The van der Waals surface area contributed by atoms with Crippen LogP contribution in [0.2, 0.25) is 0 Å². The van der Waals surface area contributed by atoms with Crippen molar-refractivity contribution in [2.75, 3.05) is 19.6 Å². The molecule has 1 heterocycles. The number of carbonyl (C=O) groups is 4. The predicted octanol–water partition coefficient (Wildman–Crippen LogP) is -3.02. The first-order valence-corrected chi connectivity index (χ1v) is 9.09. The van der Waals surface area contributed by atoms with E-state index in [1.165, 1.54) is 6.92 Å². The molecule has 1 fully saturated rings. The molecule has 3 atom stereocenters. The van der Waals surface area contributed by atoms with Crippen LogP contribution in [0.25, 0.3) is 0 Å². The summed E-state index contributed by atoms with van der Waals surface area (Å²) in [6, 6.07) is -2.40. The van der Waals surface area contributed by atoms with Crippen LogP contribution in [-0.4, -0.2) is 72.5 Å². The molecule has 1 aliphatic rings. The van der Waals surface area contributed by atoms with Gasteiger partial charge in [-0.05, 0) is 39.2 Å². The number of hydrogen-bond acceptors (Lipinski definition) is 6. The van der Waals surface area contributed by atoms with Crippen molar-refractivity contribution in [3.63, 3.8) is 0 Å². The Bertz CT molecular complexity index is 600. The zero-order chi connectivity index (χ0) is 21.1. The zero-order valence-electron chi connectivity index (χ0n) is 15.9. The van der Waals surface area contributed by atoms with Gasteiger partial charge in [0.15, 0.2) is 5.96 Å². The van der Waals surface area contributed by atoms with Crippen molar-refractivity contribution in [3.8, 4) is 0 Å². The predicted molar refractivity (Wildman–Crippen MR) is 101 cm³/mol. The van der Waals surface area contributed by atoms with E-state index < -0.39 is 29.9 Å². The SMILES string of the molecule is CC(NC(=O)CNC(=O)C1CCCN1)C(=O)NC(CCCN=C(N)N)C(=O)O. The molecular formula is C16H29N7O5. The summed E-state index contributed by atoms with van der Waals surface area (Å²) < 4.78 is 0. The lowest BCUT2D eigenvalue weighted by Crippen LogP contribution is -2.52. The fraction of sp³-hybridized carbons (Fsp3) is 0.688. The van der Waals surface area contributed by atoms with Crippen molar-refractivity contribution in [2.24, 2.45) is 16.5 Å². The molecule has 0 spiro atoms. The summed E-state index contributed by atoms with van der Waals surface area (Å²) in [6.45, 7) is 2.16. The van der Waals surface area contributed by atoms with Gasteiger partial charge in [0.2, 0.25) is 17.7 Å². The minimum Gasteiger partial charge on any atom is -0.480 e. The molecule has 1 aliphatic heterocycles. The minimum atomic E-state index is -1.20. The van der Waals surface area contributed by atoms with Gasteiger partial charge in [0.05, 0.1) is 12.6 Å². The molecule has 28 heavy (non-hydrogen) atoms. The van der Waals surface area contributed by atoms with E-state index in [2.05, 4.69) is 26.3 Å². The summed E-state index contributed by atoms with van der Waals surface area (Å²) in [4.78, 5) is 50.9. The van der Waals surface area contributed by atoms with Gasteiger partial charge >= 0.3 is 5.97 Å². The first-order chi connectivity index (χ1) is 13.2. The van der Waals surface area contributed by atoms with Crippen molar-refractivity contribution in [1.29, 1.82) is 0 Å². The quantitative estimate of drug-likeness (QED) is 0.108. The summed E-state index contributed by atoms with van der Waals surface area (Å²) >= 11 is 0. The van der Waals surface area contributed by atoms with Crippen molar-refractivity contribution in [1.82, 2.24) is 21.3 Å². The molecule has 1 rings (SSSR count). The van der Waals surface area contributed by atoms with E-state index in [1.807, 2.05) is 0 Å². The molecule has 3 unspecified atom stereocenters. The highest BCUT2D eigenvalue weighted by molar-refractivity contribution is 5.92. The van der Waals surface area contributed by atoms with Gasteiger partial charge in [-0.15, -0.1) is 0 Å². The average molecular weight is 399 g/mol. The van der Waals surface area contributed by atoms with E-state index in [4.69, 9.17) is 11.5 Å². The Balaban J connectivity index is 2.37. The maximum Gasteiger partial charge on any atom is 0.326 e. The molecule has 1 saturated heterocycles. The van der Waals surface area contributed by atoms with E-state index in [0.29, 0.717) is 12.8 Å².